The number of alkyl halides is 4. The second kappa shape index (κ2) is 3.60. The molecule has 0 heterocycles. The number of halogens is 4. The molecule has 0 aliphatic heterocycles. The molecule has 12 heteroatoms. The molecule has 0 aromatic rings. The van der Waals surface area contributed by atoms with Crippen LogP contribution in [0.4, 0.5) is 17.6 Å². The lowest BCUT2D eigenvalue weighted by atomic mass is 11.5. The molecule has 0 aliphatic rings. The van der Waals surface area contributed by atoms with Crippen molar-refractivity contribution in [2.45, 2.75) is 11.2 Å². The largest absolute Gasteiger partial charge is 0.502 e. The number of hydrogen-bond donors (Lipinski definition) is 1. The summed E-state index contributed by atoms with van der Waals surface area (Å²) in [6.45, 7) is 0. The Bertz CT molecular complexity index is 394. The van der Waals surface area contributed by atoms with Crippen LogP contribution in [-0.4, -0.2) is 32.6 Å². The Morgan fingerprint density at radius 1 is 1.14 bits per heavy atom. The quantitative estimate of drug-likeness (QED) is 0.435. The second-order valence-corrected chi connectivity index (χ2v) is 4.71. The molecule has 0 aromatic heterocycles. The molecular formula is C2H2F4O6S2. The smallest absolute Gasteiger partial charge is 0.279 e. The van der Waals surface area contributed by atoms with Gasteiger partial charge in [0.05, 0.1) is 0 Å². The van der Waals surface area contributed by atoms with Crippen LogP contribution >= 0.6 is 0 Å². The molecular weight excluding hydrogens is 260 g/mol. The minimum absolute atomic E-state index is 2.30. The zero-order valence-electron chi connectivity index (χ0n) is 5.89. The normalized spacial score (nSPS) is 14.7. The van der Waals surface area contributed by atoms with Crippen LogP contribution in [0.25, 0.3) is 0 Å². The fourth-order valence-electron chi connectivity index (χ4n) is 0.215. The maximum Gasteiger partial charge on any atom is 0.502 e. The van der Waals surface area contributed by atoms with Crippen molar-refractivity contribution in [3.8, 4) is 0 Å². The maximum absolute atomic E-state index is 12.0. The van der Waals surface area contributed by atoms with Crippen molar-refractivity contribution >= 4 is 20.2 Å². The Kier molecular flexibility index (Phi) is 3.48. The van der Waals surface area contributed by atoms with E-state index >= 15 is 0 Å². The molecule has 0 saturated carbocycles. The molecule has 1 N–H and O–H groups in total. The zero-order chi connectivity index (χ0) is 11.8. The predicted molar refractivity (Wildman–Crippen MR) is 32.5 cm³/mol. The number of rotatable bonds is 4. The molecule has 0 saturated heterocycles. The van der Waals surface area contributed by atoms with Crippen molar-refractivity contribution in [1.82, 2.24) is 0 Å². The van der Waals surface area contributed by atoms with Crippen LogP contribution < -0.4 is 0 Å². The van der Waals surface area contributed by atoms with E-state index in [1.54, 1.807) is 0 Å². The van der Waals surface area contributed by atoms with Crippen molar-refractivity contribution in [2.75, 3.05) is 0 Å². The van der Waals surface area contributed by atoms with Crippen LogP contribution in [0.1, 0.15) is 0 Å². The summed E-state index contributed by atoms with van der Waals surface area (Å²) in [6, 6.07) is 0. The van der Waals surface area contributed by atoms with E-state index < -0.39 is 31.4 Å². The SMILES string of the molecule is O=S(=O)(OC(F)(F)S(=O)(=O)O)C(F)F. The second-order valence-electron chi connectivity index (χ2n) is 1.78. The molecule has 0 amide bonds. The van der Waals surface area contributed by atoms with E-state index in [4.69, 9.17) is 4.55 Å². The zero-order valence-corrected chi connectivity index (χ0v) is 7.53. The summed E-state index contributed by atoms with van der Waals surface area (Å²) < 4.78 is 96.2. The first-order chi connectivity index (χ1) is 5.90. The lowest BCUT2D eigenvalue weighted by Crippen LogP contribution is -2.35. The van der Waals surface area contributed by atoms with Gasteiger partial charge < -0.3 is 0 Å². The Morgan fingerprint density at radius 3 is 1.71 bits per heavy atom. The number of hydrogen-bond acceptors (Lipinski definition) is 5. The highest BCUT2D eigenvalue weighted by Crippen LogP contribution is 2.26. The van der Waals surface area contributed by atoms with E-state index in [-0.39, 0.29) is 0 Å². The Balaban J connectivity index is 5.07. The third kappa shape index (κ3) is 3.04. The standard InChI is InChI=1S/C2H2F4O6S2/c3-1(4)13(7,8)12-2(5,6)14(9,10)11/h1H,(H,9,10,11). The van der Waals surface area contributed by atoms with Gasteiger partial charge in [-0.25, -0.2) is 0 Å². The van der Waals surface area contributed by atoms with Crippen LogP contribution in [0.2, 0.25) is 0 Å². The average Bonchev–Trinajstić information content (AvgIpc) is 1.80. The van der Waals surface area contributed by atoms with Crippen molar-refractivity contribution < 1.29 is 43.1 Å². The molecule has 0 unspecified atom stereocenters. The Morgan fingerprint density at radius 2 is 1.50 bits per heavy atom. The van der Waals surface area contributed by atoms with Crippen LogP contribution in [-0.2, 0) is 24.4 Å². The molecule has 0 aromatic carbocycles. The summed E-state index contributed by atoms with van der Waals surface area (Å²) in [6.07, 6.45) is 0. The topological polar surface area (TPSA) is 97.7 Å². The molecule has 0 aliphatic carbocycles. The van der Waals surface area contributed by atoms with Gasteiger partial charge in [-0.2, -0.15) is 38.6 Å². The van der Waals surface area contributed by atoms with Crippen molar-refractivity contribution in [3.63, 3.8) is 0 Å². The molecule has 0 fully saturated rings. The highest BCUT2D eigenvalue weighted by atomic mass is 32.2. The van der Waals surface area contributed by atoms with Gasteiger partial charge in [-0.1, -0.05) is 0 Å². The summed E-state index contributed by atoms with van der Waals surface area (Å²) in [7, 11) is -12.3. The lowest BCUT2D eigenvalue weighted by molar-refractivity contribution is -0.102. The Labute approximate surface area is 75.3 Å². The minimum atomic E-state index is -6.24. The van der Waals surface area contributed by atoms with Crippen LogP contribution in [0, 0.1) is 0 Å². The van der Waals surface area contributed by atoms with E-state index in [0.29, 0.717) is 0 Å². The third-order valence-electron chi connectivity index (χ3n) is 0.732. The van der Waals surface area contributed by atoms with Gasteiger partial charge in [0.2, 0.25) is 0 Å². The average molecular weight is 262 g/mol. The van der Waals surface area contributed by atoms with Gasteiger partial charge in [0.1, 0.15) is 0 Å². The predicted octanol–water partition coefficient (Wildman–Crippen LogP) is -0.00650. The van der Waals surface area contributed by atoms with Crippen LogP contribution in [0.5, 0.6) is 0 Å². The van der Waals surface area contributed by atoms with E-state index in [1.807, 2.05) is 0 Å². The van der Waals surface area contributed by atoms with Crippen LogP contribution in [0.15, 0.2) is 0 Å². The van der Waals surface area contributed by atoms with Gasteiger partial charge in [-0.3, -0.25) is 4.55 Å². The fourth-order valence-corrected chi connectivity index (χ4v) is 1.19. The first-order valence-electron chi connectivity index (χ1n) is 2.47. The van der Waals surface area contributed by atoms with Crippen molar-refractivity contribution in [3.05, 3.63) is 0 Å². The summed E-state index contributed by atoms with van der Waals surface area (Å²) in [5, 5.41) is 0. The van der Waals surface area contributed by atoms with Gasteiger partial charge in [0.15, 0.2) is 0 Å². The van der Waals surface area contributed by atoms with Gasteiger partial charge in [0.25, 0.3) is 0 Å². The molecule has 0 bridgehead atoms. The monoisotopic (exact) mass is 262 g/mol. The molecule has 0 spiro atoms. The molecule has 0 radical (unpaired) electrons. The molecule has 6 nitrogen and oxygen atoms in total. The Hall–Kier alpha value is -0.460. The fraction of sp³-hybridized carbons (Fsp3) is 1.00. The summed E-state index contributed by atoms with van der Waals surface area (Å²) in [5.74, 6) is -4.35. The van der Waals surface area contributed by atoms with E-state index in [9.17, 15) is 34.4 Å². The van der Waals surface area contributed by atoms with Crippen LogP contribution in [0.3, 0.4) is 0 Å². The molecule has 86 valence electrons. The first kappa shape index (κ1) is 13.5. The van der Waals surface area contributed by atoms with Crippen molar-refractivity contribution in [2.24, 2.45) is 0 Å². The van der Waals surface area contributed by atoms with Crippen molar-refractivity contribution in [1.29, 1.82) is 0 Å². The molecule has 0 rings (SSSR count). The highest BCUT2D eigenvalue weighted by Gasteiger charge is 2.52. The van der Waals surface area contributed by atoms with Gasteiger partial charge in [-0.05, 0) is 0 Å². The van der Waals surface area contributed by atoms with Gasteiger partial charge >= 0.3 is 31.4 Å². The van der Waals surface area contributed by atoms with Gasteiger partial charge in [-0.15, -0.1) is 0 Å². The first-order valence-corrected chi connectivity index (χ1v) is 5.39. The van der Waals surface area contributed by atoms with Gasteiger partial charge in [0, 0.05) is 0 Å². The summed E-state index contributed by atoms with van der Waals surface area (Å²) in [4.78, 5) is 0. The maximum atomic E-state index is 12.0. The third-order valence-corrected chi connectivity index (χ3v) is 2.40. The molecule has 14 heavy (non-hydrogen) atoms. The molecule has 0 atom stereocenters. The van der Waals surface area contributed by atoms with E-state index in [0.717, 1.165) is 0 Å². The minimum Gasteiger partial charge on any atom is -0.279 e. The van der Waals surface area contributed by atoms with E-state index in [1.165, 1.54) is 0 Å². The van der Waals surface area contributed by atoms with E-state index in [2.05, 4.69) is 4.18 Å². The lowest BCUT2D eigenvalue weighted by Gasteiger charge is -2.11. The summed E-state index contributed by atoms with van der Waals surface area (Å²) >= 11 is 0. The summed E-state index contributed by atoms with van der Waals surface area (Å²) in [5.41, 5.74) is -5.64. The highest BCUT2D eigenvalue weighted by molar-refractivity contribution is 7.89.